The van der Waals surface area contributed by atoms with Crippen molar-refractivity contribution in [3.05, 3.63) is 107 Å². The van der Waals surface area contributed by atoms with Crippen molar-refractivity contribution in [2.24, 2.45) is 0 Å². The predicted molar refractivity (Wildman–Crippen MR) is 148 cm³/mol. The van der Waals surface area contributed by atoms with E-state index >= 15 is 0 Å². The number of carbonyl (C=O) groups is 2. The smallest absolute Gasteiger partial charge is 0.336 e. The van der Waals surface area contributed by atoms with Gasteiger partial charge in [-0.3, -0.25) is 0 Å². The summed E-state index contributed by atoms with van der Waals surface area (Å²) >= 11 is 0. The zero-order valence-electron chi connectivity index (χ0n) is 21.8. The number of nitrogens with one attached hydrogen (secondary N) is 1. The van der Waals surface area contributed by atoms with Gasteiger partial charge in [0, 0.05) is 12.6 Å². The molecule has 2 heterocycles. The van der Waals surface area contributed by atoms with Crippen LogP contribution in [0.5, 0.6) is 5.75 Å². The monoisotopic (exact) mass is 510 g/mol. The van der Waals surface area contributed by atoms with Gasteiger partial charge in [-0.1, -0.05) is 72.8 Å². The van der Waals surface area contributed by atoms with Crippen LogP contribution in [0.3, 0.4) is 0 Å². The number of rotatable bonds is 9. The molecule has 2 amide bonds. The van der Waals surface area contributed by atoms with E-state index in [-0.39, 0.29) is 24.1 Å². The first-order chi connectivity index (χ1) is 18.6. The fourth-order valence-corrected chi connectivity index (χ4v) is 5.60. The predicted octanol–water partition coefficient (Wildman–Crippen LogP) is 5.77. The van der Waals surface area contributed by atoms with Crippen molar-refractivity contribution in [2.45, 2.75) is 50.8 Å². The van der Waals surface area contributed by atoms with Gasteiger partial charge in [-0.15, -0.1) is 0 Å². The molecular weight excluding hydrogens is 476 g/mol. The summed E-state index contributed by atoms with van der Waals surface area (Å²) in [4.78, 5) is 28.2. The average Bonchev–Trinajstić information content (AvgIpc) is 3.28. The van der Waals surface area contributed by atoms with E-state index in [1.807, 2.05) is 77.7 Å². The Morgan fingerprint density at radius 2 is 1.66 bits per heavy atom. The molecular formula is C32H34N2O4. The molecule has 38 heavy (non-hydrogen) atoms. The molecule has 0 unspecified atom stereocenters. The Hall–Kier alpha value is -4.06. The third kappa shape index (κ3) is 5.75. The molecule has 1 fully saturated rings. The first kappa shape index (κ1) is 25.6. The van der Waals surface area contributed by atoms with E-state index in [2.05, 4.69) is 17.4 Å². The molecule has 2 atom stereocenters. The maximum absolute atomic E-state index is 13.3. The molecule has 0 saturated carbocycles. The Kier molecular flexibility index (Phi) is 8.07. The van der Waals surface area contributed by atoms with Gasteiger partial charge in [-0.05, 0) is 66.5 Å². The van der Waals surface area contributed by atoms with Gasteiger partial charge in [0.1, 0.15) is 12.4 Å². The van der Waals surface area contributed by atoms with Crippen molar-refractivity contribution in [1.29, 1.82) is 0 Å². The second-order valence-corrected chi connectivity index (χ2v) is 9.87. The third-order valence-corrected chi connectivity index (χ3v) is 7.43. The summed E-state index contributed by atoms with van der Waals surface area (Å²) in [6.45, 7) is 1.06. The molecule has 196 valence electrons. The van der Waals surface area contributed by atoms with Crippen molar-refractivity contribution in [3.8, 4) is 5.75 Å². The van der Waals surface area contributed by atoms with E-state index in [1.54, 1.807) is 0 Å². The van der Waals surface area contributed by atoms with E-state index in [0.717, 1.165) is 48.1 Å². The molecule has 3 aromatic carbocycles. The maximum atomic E-state index is 13.3. The number of aryl methyl sites for hydroxylation is 1. The van der Waals surface area contributed by atoms with E-state index in [1.165, 1.54) is 12.7 Å². The number of amides is 2. The lowest BCUT2D eigenvalue weighted by atomic mass is 9.88. The molecule has 0 aromatic heterocycles. The molecule has 2 bridgehead atoms. The Morgan fingerprint density at radius 1 is 0.921 bits per heavy atom. The largest absolute Gasteiger partial charge is 0.489 e. The topological polar surface area (TPSA) is 67.9 Å². The molecule has 0 spiro atoms. The Bertz CT molecular complexity index is 1290. The molecule has 3 aromatic rings. The molecule has 1 N–H and O–H groups in total. The highest BCUT2D eigenvalue weighted by molar-refractivity contribution is 6.01. The van der Waals surface area contributed by atoms with Gasteiger partial charge < -0.3 is 19.7 Å². The molecule has 0 radical (unpaired) electrons. The highest BCUT2D eigenvalue weighted by Gasteiger charge is 2.46. The fourth-order valence-electron chi connectivity index (χ4n) is 5.60. The van der Waals surface area contributed by atoms with Crippen molar-refractivity contribution < 1.29 is 19.1 Å². The molecule has 1 saturated heterocycles. The zero-order valence-corrected chi connectivity index (χ0v) is 21.8. The van der Waals surface area contributed by atoms with Crippen molar-refractivity contribution in [3.63, 3.8) is 0 Å². The number of methoxy groups -OCH3 is 1. The van der Waals surface area contributed by atoms with Crippen LogP contribution in [-0.2, 0) is 22.6 Å². The van der Waals surface area contributed by atoms with Crippen LogP contribution in [0.4, 0.5) is 4.79 Å². The molecule has 5 rings (SSSR count). The molecule has 6 nitrogen and oxygen atoms in total. The minimum absolute atomic E-state index is 0.0476. The number of esters is 1. The van der Waals surface area contributed by atoms with Crippen LogP contribution in [0.2, 0.25) is 0 Å². The molecule has 2 aliphatic rings. The zero-order chi connectivity index (χ0) is 26.3. The fraction of sp³-hybridized carbons (Fsp3) is 0.312. The number of fused-ring (bicyclic) bond motifs is 2. The summed E-state index contributed by atoms with van der Waals surface area (Å²) in [6.07, 6.45) is 3.99. The van der Waals surface area contributed by atoms with E-state index < -0.39 is 0 Å². The molecule has 6 heteroatoms. The van der Waals surface area contributed by atoms with Crippen molar-refractivity contribution in [1.82, 2.24) is 10.2 Å². The highest BCUT2D eigenvalue weighted by atomic mass is 16.5. The summed E-state index contributed by atoms with van der Waals surface area (Å²) in [6, 6.07) is 27.8. The average molecular weight is 511 g/mol. The van der Waals surface area contributed by atoms with Crippen LogP contribution in [0.25, 0.3) is 5.57 Å². The quantitative estimate of drug-likeness (QED) is 0.293. The number of urea groups is 1. The van der Waals surface area contributed by atoms with E-state index in [4.69, 9.17) is 9.47 Å². The number of hydrogen-bond donors (Lipinski definition) is 1. The maximum Gasteiger partial charge on any atom is 0.336 e. The SMILES string of the molecule is COC(=O)C1=C(c2cccc(OCc3ccccc3)c2)C[C@@H]2CC[C@H]1N2C(=O)NCCCc1ccccc1. The summed E-state index contributed by atoms with van der Waals surface area (Å²) in [5.74, 6) is 0.372. The summed E-state index contributed by atoms with van der Waals surface area (Å²) in [5, 5.41) is 3.09. The lowest BCUT2D eigenvalue weighted by Gasteiger charge is -2.37. The lowest BCUT2D eigenvalue weighted by Crippen LogP contribution is -2.51. The van der Waals surface area contributed by atoms with Crippen molar-refractivity contribution in [2.75, 3.05) is 13.7 Å². The van der Waals surface area contributed by atoms with Crippen LogP contribution >= 0.6 is 0 Å². The van der Waals surface area contributed by atoms with Gasteiger partial charge >= 0.3 is 12.0 Å². The first-order valence-corrected chi connectivity index (χ1v) is 13.3. The van der Waals surface area contributed by atoms with Crippen LogP contribution in [0.1, 0.15) is 42.4 Å². The molecule has 0 aliphatic carbocycles. The van der Waals surface area contributed by atoms with Crippen LogP contribution in [0, 0.1) is 0 Å². The molecule has 2 aliphatic heterocycles. The number of nitrogens with zero attached hydrogens (tertiary/aromatic N) is 1. The minimum atomic E-state index is -0.372. The summed E-state index contributed by atoms with van der Waals surface area (Å²) in [7, 11) is 1.40. The Balaban J connectivity index is 1.30. The van der Waals surface area contributed by atoms with Crippen LogP contribution < -0.4 is 10.1 Å². The van der Waals surface area contributed by atoms with Gasteiger partial charge in [0.25, 0.3) is 0 Å². The lowest BCUT2D eigenvalue weighted by molar-refractivity contribution is -0.136. The highest BCUT2D eigenvalue weighted by Crippen LogP contribution is 2.44. The van der Waals surface area contributed by atoms with Crippen LogP contribution in [-0.4, -0.2) is 42.6 Å². The van der Waals surface area contributed by atoms with E-state index in [0.29, 0.717) is 25.1 Å². The van der Waals surface area contributed by atoms with Gasteiger partial charge in [-0.25, -0.2) is 9.59 Å². The minimum Gasteiger partial charge on any atom is -0.489 e. The standard InChI is InChI=1S/C32H34N2O4/c1-37-31(35)30-28(25-15-8-16-27(20-25)38-22-24-12-6-3-7-13-24)21-26-17-18-29(30)34(26)32(36)33-19-9-14-23-10-4-2-5-11-23/h2-8,10-13,15-16,20,26,29H,9,14,17-19,21-22H2,1H3,(H,33,36)/t26-,29+/m0/s1. The van der Waals surface area contributed by atoms with Gasteiger partial charge in [-0.2, -0.15) is 0 Å². The second-order valence-electron chi connectivity index (χ2n) is 9.87. The van der Waals surface area contributed by atoms with E-state index in [9.17, 15) is 9.59 Å². The summed E-state index contributed by atoms with van der Waals surface area (Å²) in [5.41, 5.74) is 4.82. The number of hydrogen-bond acceptors (Lipinski definition) is 4. The normalized spacial score (nSPS) is 18.3. The van der Waals surface area contributed by atoms with Gasteiger partial charge in [0.15, 0.2) is 0 Å². The van der Waals surface area contributed by atoms with Gasteiger partial charge in [0.2, 0.25) is 0 Å². The third-order valence-electron chi connectivity index (χ3n) is 7.43. The number of benzene rings is 3. The van der Waals surface area contributed by atoms with Gasteiger partial charge in [0.05, 0.1) is 18.7 Å². The summed E-state index contributed by atoms with van der Waals surface area (Å²) < 4.78 is 11.3. The van der Waals surface area contributed by atoms with Crippen molar-refractivity contribution >= 4 is 17.6 Å². The Labute approximate surface area is 224 Å². The first-order valence-electron chi connectivity index (χ1n) is 13.3. The van der Waals surface area contributed by atoms with Crippen LogP contribution in [0.15, 0.2) is 90.5 Å². The number of ether oxygens (including phenoxy) is 2. The Morgan fingerprint density at radius 3 is 2.39 bits per heavy atom. The second kappa shape index (κ2) is 12.0. The number of carbonyl (C=O) groups excluding carboxylic acids is 2.